The first-order chi connectivity index (χ1) is 5.46. The van der Waals surface area contributed by atoms with Crippen LogP contribution >= 0.6 is 31.9 Å². The topological polar surface area (TPSA) is 30.7 Å². The van der Waals surface area contributed by atoms with Gasteiger partial charge in [0.25, 0.3) is 0 Å². The molecule has 0 spiro atoms. The second-order valence-electron chi connectivity index (χ2n) is 3.54. The summed E-state index contributed by atoms with van der Waals surface area (Å²) in [7, 11) is 0. The number of rotatable bonds is 1. The number of alkyl halides is 1. The molecule has 0 aromatic carbocycles. The van der Waals surface area contributed by atoms with E-state index >= 15 is 0 Å². The van der Waals surface area contributed by atoms with Gasteiger partial charge in [-0.1, -0.05) is 21.1 Å². The van der Waals surface area contributed by atoms with Crippen molar-refractivity contribution in [1.29, 1.82) is 0 Å². The standard InChI is InChI=1S/C7H11Br2N3/c1-7(2,3)12-5(4-8)6(9)10-11-12/h4H2,1-3H3. The van der Waals surface area contributed by atoms with Crippen LogP contribution in [0, 0.1) is 0 Å². The summed E-state index contributed by atoms with van der Waals surface area (Å²) in [5.74, 6) is 0. The Morgan fingerprint density at radius 1 is 1.42 bits per heavy atom. The lowest BCUT2D eigenvalue weighted by molar-refractivity contribution is 0.339. The molecule has 0 saturated heterocycles. The van der Waals surface area contributed by atoms with Crippen molar-refractivity contribution in [3.63, 3.8) is 0 Å². The predicted molar refractivity (Wildman–Crippen MR) is 55.3 cm³/mol. The summed E-state index contributed by atoms with van der Waals surface area (Å²) >= 11 is 6.75. The van der Waals surface area contributed by atoms with Crippen LogP contribution in [-0.2, 0) is 10.9 Å². The zero-order valence-corrected chi connectivity index (χ0v) is 10.5. The molecule has 5 heteroatoms. The molecule has 1 aromatic rings. The van der Waals surface area contributed by atoms with Gasteiger partial charge in [0.15, 0.2) is 4.60 Å². The van der Waals surface area contributed by atoms with E-state index in [1.807, 2.05) is 4.68 Å². The number of aromatic nitrogens is 3. The van der Waals surface area contributed by atoms with Gasteiger partial charge in [-0.3, -0.25) is 0 Å². The molecule has 1 aromatic heterocycles. The lowest BCUT2D eigenvalue weighted by Gasteiger charge is -2.20. The second-order valence-corrected chi connectivity index (χ2v) is 4.86. The van der Waals surface area contributed by atoms with Crippen molar-refractivity contribution in [3.8, 4) is 0 Å². The molecule has 0 radical (unpaired) electrons. The molecule has 0 aliphatic rings. The maximum atomic E-state index is 4.05. The van der Waals surface area contributed by atoms with E-state index in [0.29, 0.717) is 0 Å². The van der Waals surface area contributed by atoms with Crippen LogP contribution in [0.25, 0.3) is 0 Å². The minimum atomic E-state index is -0.0118. The molecule has 0 fully saturated rings. The molecule has 0 saturated carbocycles. The Hall–Kier alpha value is 0.1000. The van der Waals surface area contributed by atoms with Gasteiger partial charge in [-0.25, -0.2) is 4.68 Å². The highest BCUT2D eigenvalue weighted by molar-refractivity contribution is 9.10. The number of hydrogen-bond donors (Lipinski definition) is 0. The molecule has 12 heavy (non-hydrogen) atoms. The zero-order valence-electron chi connectivity index (χ0n) is 7.30. The van der Waals surface area contributed by atoms with Crippen LogP contribution < -0.4 is 0 Å². The van der Waals surface area contributed by atoms with Gasteiger partial charge in [0.1, 0.15) is 0 Å². The minimum absolute atomic E-state index is 0.0118. The molecule has 68 valence electrons. The first kappa shape index (κ1) is 10.2. The molecule has 3 nitrogen and oxygen atoms in total. The van der Waals surface area contributed by atoms with Gasteiger partial charge < -0.3 is 0 Å². The van der Waals surface area contributed by atoms with Crippen molar-refractivity contribution in [1.82, 2.24) is 15.0 Å². The highest BCUT2D eigenvalue weighted by Crippen LogP contribution is 2.22. The minimum Gasteiger partial charge on any atom is -0.242 e. The van der Waals surface area contributed by atoms with E-state index < -0.39 is 0 Å². The van der Waals surface area contributed by atoms with Crippen molar-refractivity contribution < 1.29 is 0 Å². The summed E-state index contributed by atoms with van der Waals surface area (Å²) in [5.41, 5.74) is 1.06. The highest BCUT2D eigenvalue weighted by atomic mass is 79.9. The maximum Gasteiger partial charge on any atom is 0.152 e. The fraction of sp³-hybridized carbons (Fsp3) is 0.714. The van der Waals surface area contributed by atoms with E-state index in [1.54, 1.807) is 0 Å². The van der Waals surface area contributed by atoms with Crippen LogP contribution in [0.5, 0.6) is 0 Å². The number of halogens is 2. The Bertz CT molecular complexity index is 275. The van der Waals surface area contributed by atoms with Gasteiger partial charge in [0, 0.05) is 5.33 Å². The molecule has 1 rings (SSSR count). The van der Waals surface area contributed by atoms with Gasteiger partial charge >= 0.3 is 0 Å². The van der Waals surface area contributed by atoms with E-state index in [0.717, 1.165) is 15.6 Å². The first-order valence-corrected chi connectivity index (χ1v) is 5.55. The van der Waals surface area contributed by atoms with Crippen LogP contribution in [0.4, 0.5) is 0 Å². The van der Waals surface area contributed by atoms with E-state index in [9.17, 15) is 0 Å². The summed E-state index contributed by atoms with van der Waals surface area (Å²) in [6.45, 7) is 6.29. The van der Waals surface area contributed by atoms with E-state index in [-0.39, 0.29) is 5.54 Å². The van der Waals surface area contributed by atoms with E-state index in [4.69, 9.17) is 0 Å². The van der Waals surface area contributed by atoms with Crippen LogP contribution in [0.15, 0.2) is 4.60 Å². The Morgan fingerprint density at radius 3 is 2.33 bits per heavy atom. The quantitative estimate of drug-likeness (QED) is 0.746. The molecular weight excluding hydrogens is 286 g/mol. The largest absolute Gasteiger partial charge is 0.242 e. The molecule has 0 amide bonds. The van der Waals surface area contributed by atoms with Gasteiger partial charge in [0.05, 0.1) is 11.2 Å². The van der Waals surface area contributed by atoms with Gasteiger partial charge in [-0.2, -0.15) is 0 Å². The predicted octanol–water partition coefficient (Wildman–Crippen LogP) is 2.69. The van der Waals surface area contributed by atoms with Crippen molar-refractivity contribution >= 4 is 31.9 Å². The van der Waals surface area contributed by atoms with E-state index in [1.165, 1.54) is 0 Å². The normalized spacial score (nSPS) is 12.1. The molecule has 0 unspecified atom stereocenters. The SMILES string of the molecule is CC(C)(C)n1nnc(Br)c1CBr. The molecule has 1 heterocycles. The monoisotopic (exact) mass is 295 g/mol. The lowest BCUT2D eigenvalue weighted by atomic mass is 10.1. The second kappa shape index (κ2) is 3.46. The van der Waals surface area contributed by atoms with Crippen LogP contribution in [-0.4, -0.2) is 15.0 Å². The van der Waals surface area contributed by atoms with E-state index in [2.05, 4.69) is 62.9 Å². The average Bonchev–Trinajstić information content (AvgIpc) is 2.29. The van der Waals surface area contributed by atoms with Gasteiger partial charge in [-0.15, -0.1) is 5.10 Å². The smallest absolute Gasteiger partial charge is 0.152 e. The summed E-state index contributed by atoms with van der Waals surface area (Å²) in [6, 6.07) is 0. The Labute approximate surface area is 88.8 Å². The molecule has 0 atom stereocenters. The lowest BCUT2D eigenvalue weighted by Crippen LogP contribution is -2.25. The summed E-state index contributed by atoms with van der Waals surface area (Å²) in [6.07, 6.45) is 0. The number of hydrogen-bond acceptors (Lipinski definition) is 2. The third-order valence-corrected chi connectivity index (χ3v) is 2.63. The number of nitrogens with zero attached hydrogens (tertiary/aromatic N) is 3. The fourth-order valence-electron chi connectivity index (χ4n) is 0.934. The Morgan fingerprint density at radius 2 is 2.00 bits per heavy atom. The van der Waals surface area contributed by atoms with Crippen molar-refractivity contribution in [2.24, 2.45) is 0 Å². The highest BCUT2D eigenvalue weighted by Gasteiger charge is 2.20. The van der Waals surface area contributed by atoms with Crippen molar-refractivity contribution in [3.05, 3.63) is 10.3 Å². The molecular formula is C7H11Br2N3. The fourth-order valence-corrected chi connectivity index (χ4v) is 2.19. The van der Waals surface area contributed by atoms with Crippen LogP contribution in [0.1, 0.15) is 26.5 Å². The maximum absolute atomic E-state index is 4.05. The first-order valence-electron chi connectivity index (χ1n) is 3.63. The summed E-state index contributed by atoms with van der Waals surface area (Å²) in [4.78, 5) is 0. The van der Waals surface area contributed by atoms with Crippen LogP contribution in [0.2, 0.25) is 0 Å². The third kappa shape index (κ3) is 1.88. The zero-order chi connectivity index (χ0) is 9.35. The summed E-state index contributed by atoms with van der Waals surface area (Å²) in [5, 5.41) is 8.76. The van der Waals surface area contributed by atoms with Crippen LogP contribution in [0.3, 0.4) is 0 Å². The third-order valence-electron chi connectivity index (χ3n) is 1.48. The Kier molecular flexibility index (Phi) is 2.93. The molecule has 0 aliphatic carbocycles. The van der Waals surface area contributed by atoms with Gasteiger partial charge in [0.2, 0.25) is 0 Å². The van der Waals surface area contributed by atoms with Crippen molar-refractivity contribution in [2.75, 3.05) is 0 Å². The average molecular weight is 297 g/mol. The molecule has 0 bridgehead atoms. The Balaban J connectivity index is 3.16. The van der Waals surface area contributed by atoms with Gasteiger partial charge in [-0.05, 0) is 36.7 Å². The summed E-state index contributed by atoms with van der Waals surface area (Å²) < 4.78 is 2.72. The molecule has 0 aliphatic heterocycles. The van der Waals surface area contributed by atoms with Crippen molar-refractivity contribution in [2.45, 2.75) is 31.6 Å². The molecule has 0 N–H and O–H groups in total.